The minimum atomic E-state index is -0.553. The molecule has 0 bridgehead atoms. The van der Waals surface area contributed by atoms with E-state index in [9.17, 15) is 19.7 Å². The van der Waals surface area contributed by atoms with Crippen LogP contribution in [-0.2, 0) is 0 Å². The first kappa shape index (κ1) is 17.6. The number of hydrogen-bond donors (Lipinski definition) is 1. The number of anilines is 2. The van der Waals surface area contributed by atoms with E-state index in [1.165, 1.54) is 31.2 Å². The first-order valence-corrected chi connectivity index (χ1v) is 8.41. The van der Waals surface area contributed by atoms with Gasteiger partial charge >= 0.3 is 0 Å². The number of nitro benzene ring substituents is 1. The van der Waals surface area contributed by atoms with Gasteiger partial charge in [-0.15, -0.1) is 0 Å². The maximum absolute atomic E-state index is 12.4. The lowest BCUT2D eigenvalue weighted by Crippen LogP contribution is -2.19. The standard InChI is InChI=1S/C19H19N3O4/c1-13(23)17-12-15(21-9-2-3-10-21)7-8-18(17)20-19(24)14-5-4-6-16(11-14)22(25)26/h4-8,11-12H,2-3,9-10H2,1H3,(H,20,24). The quantitative estimate of drug-likeness (QED) is 0.503. The van der Waals surface area contributed by atoms with Crippen LogP contribution in [0.25, 0.3) is 0 Å². The lowest BCUT2D eigenvalue weighted by Gasteiger charge is -2.19. The number of benzene rings is 2. The molecule has 0 aliphatic carbocycles. The van der Waals surface area contributed by atoms with Gasteiger partial charge in [0.25, 0.3) is 11.6 Å². The van der Waals surface area contributed by atoms with Gasteiger partial charge in [0.1, 0.15) is 0 Å². The SMILES string of the molecule is CC(=O)c1cc(N2CCCC2)ccc1NC(=O)c1cccc([N+](=O)[O-])c1. The lowest BCUT2D eigenvalue weighted by molar-refractivity contribution is -0.384. The Balaban J connectivity index is 1.86. The molecule has 7 heteroatoms. The van der Waals surface area contributed by atoms with Crippen molar-refractivity contribution in [2.75, 3.05) is 23.3 Å². The molecule has 26 heavy (non-hydrogen) atoms. The number of nitrogens with one attached hydrogen (secondary N) is 1. The molecule has 2 aromatic rings. The van der Waals surface area contributed by atoms with Crippen LogP contribution in [0.15, 0.2) is 42.5 Å². The van der Waals surface area contributed by atoms with Crippen molar-refractivity contribution in [3.05, 3.63) is 63.7 Å². The predicted octanol–water partition coefficient (Wildman–Crippen LogP) is 3.65. The van der Waals surface area contributed by atoms with Crippen LogP contribution in [0.1, 0.15) is 40.5 Å². The van der Waals surface area contributed by atoms with Gasteiger partial charge in [-0.1, -0.05) is 6.07 Å². The molecule has 0 aromatic heterocycles. The van der Waals surface area contributed by atoms with Crippen LogP contribution >= 0.6 is 0 Å². The number of rotatable bonds is 5. The molecule has 1 aliphatic heterocycles. The molecule has 1 N–H and O–H groups in total. The van der Waals surface area contributed by atoms with E-state index in [0.29, 0.717) is 11.3 Å². The summed E-state index contributed by atoms with van der Waals surface area (Å²) in [6, 6.07) is 10.9. The fraction of sp³-hybridized carbons (Fsp3) is 0.263. The zero-order valence-electron chi connectivity index (χ0n) is 14.4. The molecule has 1 heterocycles. The molecule has 0 unspecified atom stereocenters. The number of carbonyl (C=O) groups excluding carboxylic acids is 2. The molecule has 134 valence electrons. The normalized spacial score (nSPS) is 13.5. The Hall–Kier alpha value is -3.22. The number of nitrogens with zero attached hydrogens (tertiary/aromatic N) is 2. The lowest BCUT2D eigenvalue weighted by atomic mass is 10.1. The third kappa shape index (κ3) is 3.72. The third-order valence-electron chi connectivity index (χ3n) is 4.42. The van der Waals surface area contributed by atoms with Crippen LogP contribution in [0, 0.1) is 10.1 Å². The number of amides is 1. The van der Waals surface area contributed by atoms with Crippen molar-refractivity contribution in [3.8, 4) is 0 Å². The highest BCUT2D eigenvalue weighted by atomic mass is 16.6. The summed E-state index contributed by atoms with van der Waals surface area (Å²) in [5.41, 5.74) is 1.79. The average Bonchev–Trinajstić information content (AvgIpc) is 3.16. The van der Waals surface area contributed by atoms with Gasteiger partial charge in [-0.05, 0) is 44.0 Å². The molecule has 0 radical (unpaired) electrons. The summed E-state index contributed by atoms with van der Waals surface area (Å²) in [7, 11) is 0. The number of nitro groups is 1. The molecule has 1 fully saturated rings. The van der Waals surface area contributed by atoms with E-state index in [-0.39, 0.29) is 17.0 Å². The van der Waals surface area contributed by atoms with E-state index in [1.54, 1.807) is 12.1 Å². The fourth-order valence-electron chi connectivity index (χ4n) is 3.06. The minimum Gasteiger partial charge on any atom is -0.372 e. The average molecular weight is 353 g/mol. The van der Waals surface area contributed by atoms with Crippen molar-refractivity contribution in [3.63, 3.8) is 0 Å². The van der Waals surface area contributed by atoms with E-state index in [1.807, 2.05) is 6.07 Å². The second-order valence-electron chi connectivity index (χ2n) is 6.24. The van der Waals surface area contributed by atoms with Gasteiger partial charge < -0.3 is 10.2 Å². The smallest absolute Gasteiger partial charge is 0.270 e. The monoisotopic (exact) mass is 353 g/mol. The molecule has 3 rings (SSSR count). The Morgan fingerprint density at radius 1 is 1.12 bits per heavy atom. The van der Waals surface area contributed by atoms with E-state index in [0.717, 1.165) is 31.6 Å². The summed E-state index contributed by atoms with van der Waals surface area (Å²) < 4.78 is 0. The molecule has 1 amide bonds. The predicted molar refractivity (Wildman–Crippen MR) is 98.9 cm³/mol. The van der Waals surface area contributed by atoms with Crippen LogP contribution in [0.5, 0.6) is 0 Å². The summed E-state index contributed by atoms with van der Waals surface area (Å²) in [4.78, 5) is 37.0. The molecule has 1 saturated heterocycles. The van der Waals surface area contributed by atoms with Crippen LogP contribution in [0.3, 0.4) is 0 Å². The van der Waals surface area contributed by atoms with E-state index in [2.05, 4.69) is 10.2 Å². The zero-order chi connectivity index (χ0) is 18.7. The van der Waals surface area contributed by atoms with Crippen molar-refractivity contribution in [1.82, 2.24) is 0 Å². The fourth-order valence-corrected chi connectivity index (χ4v) is 3.06. The maximum atomic E-state index is 12.4. The Morgan fingerprint density at radius 2 is 1.85 bits per heavy atom. The number of hydrogen-bond acceptors (Lipinski definition) is 5. The second-order valence-corrected chi connectivity index (χ2v) is 6.24. The number of Topliss-reactive ketones (excluding diaryl/α,β-unsaturated/α-hetero) is 1. The molecule has 0 saturated carbocycles. The Bertz CT molecular complexity index is 873. The van der Waals surface area contributed by atoms with Gasteiger partial charge in [0.05, 0.1) is 10.6 Å². The molecule has 0 spiro atoms. The van der Waals surface area contributed by atoms with Crippen LogP contribution in [0.2, 0.25) is 0 Å². The molecule has 0 atom stereocenters. The summed E-state index contributed by atoms with van der Waals surface area (Å²) in [6.07, 6.45) is 2.25. The van der Waals surface area contributed by atoms with Gasteiger partial charge in [0.2, 0.25) is 0 Å². The van der Waals surface area contributed by atoms with Gasteiger partial charge in [-0.25, -0.2) is 0 Å². The van der Waals surface area contributed by atoms with Crippen molar-refractivity contribution >= 4 is 28.8 Å². The second kappa shape index (κ2) is 7.35. The van der Waals surface area contributed by atoms with Crippen molar-refractivity contribution < 1.29 is 14.5 Å². The highest BCUT2D eigenvalue weighted by Crippen LogP contribution is 2.27. The van der Waals surface area contributed by atoms with Crippen LogP contribution < -0.4 is 10.2 Å². The topological polar surface area (TPSA) is 92.6 Å². The highest BCUT2D eigenvalue weighted by molar-refractivity contribution is 6.09. The summed E-state index contributed by atoms with van der Waals surface area (Å²) in [6.45, 7) is 3.36. The Kier molecular flexibility index (Phi) is 4.97. The minimum absolute atomic E-state index is 0.152. The molecular formula is C19H19N3O4. The first-order chi connectivity index (χ1) is 12.5. The third-order valence-corrected chi connectivity index (χ3v) is 4.42. The van der Waals surface area contributed by atoms with Crippen molar-refractivity contribution in [1.29, 1.82) is 0 Å². The van der Waals surface area contributed by atoms with Crippen molar-refractivity contribution in [2.24, 2.45) is 0 Å². The molecule has 2 aromatic carbocycles. The number of ketones is 1. The zero-order valence-corrected chi connectivity index (χ0v) is 14.4. The maximum Gasteiger partial charge on any atom is 0.270 e. The van der Waals surface area contributed by atoms with Gasteiger partial charge in [0.15, 0.2) is 5.78 Å². The summed E-state index contributed by atoms with van der Waals surface area (Å²) >= 11 is 0. The first-order valence-electron chi connectivity index (χ1n) is 8.41. The number of carbonyl (C=O) groups is 2. The molecular weight excluding hydrogens is 334 g/mol. The van der Waals surface area contributed by atoms with Crippen LogP contribution in [-0.4, -0.2) is 29.7 Å². The van der Waals surface area contributed by atoms with E-state index in [4.69, 9.17) is 0 Å². The van der Waals surface area contributed by atoms with Gasteiger partial charge in [0, 0.05) is 42.0 Å². The van der Waals surface area contributed by atoms with Crippen molar-refractivity contribution in [2.45, 2.75) is 19.8 Å². The Labute approximate surface area is 150 Å². The largest absolute Gasteiger partial charge is 0.372 e. The highest BCUT2D eigenvalue weighted by Gasteiger charge is 2.18. The van der Waals surface area contributed by atoms with Crippen LogP contribution in [0.4, 0.5) is 17.1 Å². The Morgan fingerprint density at radius 3 is 2.50 bits per heavy atom. The van der Waals surface area contributed by atoms with E-state index < -0.39 is 10.8 Å². The summed E-state index contributed by atoms with van der Waals surface area (Å²) in [5, 5.41) is 13.6. The summed E-state index contributed by atoms with van der Waals surface area (Å²) in [5.74, 6) is -0.648. The molecule has 7 nitrogen and oxygen atoms in total. The van der Waals surface area contributed by atoms with Gasteiger partial charge in [-0.3, -0.25) is 19.7 Å². The van der Waals surface area contributed by atoms with Gasteiger partial charge in [-0.2, -0.15) is 0 Å². The number of non-ortho nitro benzene ring substituents is 1. The van der Waals surface area contributed by atoms with E-state index >= 15 is 0 Å². The molecule has 1 aliphatic rings.